The molecule has 0 radical (unpaired) electrons. The number of benzene rings is 1. The zero-order valence-corrected chi connectivity index (χ0v) is 11.6. The molecular formula is C15H22N2O2. The molecule has 2 N–H and O–H groups in total. The average molecular weight is 262 g/mol. The Hall–Kier alpha value is -1.71. The van der Waals surface area contributed by atoms with Crippen molar-refractivity contribution in [3.05, 3.63) is 24.3 Å². The van der Waals surface area contributed by atoms with E-state index in [2.05, 4.69) is 10.6 Å². The van der Waals surface area contributed by atoms with Gasteiger partial charge in [-0.2, -0.15) is 0 Å². The summed E-state index contributed by atoms with van der Waals surface area (Å²) in [6.07, 6.45) is 4.67. The molecule has 2 rings (SSSR count). The maximum absolute atomic E-state index is 12.1. The lowest BCUT2D eigenvalue weighted by atomic mass is 10.2. The van der Waals surface area contributed by atoms with E-state index >= 15 is 0 Å². The number of ether oxygens (including phenoxy) is 1. The number of carbonyl (C=O) groups is 1. The molecule has 4 nitrogen and oxygen atoms in total. The molecular weight excluding hydrogens is 240 g/mol. The quantitative estimate of drug-likeness (QED) is 0.857. The Kier molecular flexibility index (Phi) is 4.66. The van der Waals surface area contributed by atoms with Crippen LogP contribution in [0.3, 0.4) is 0 Å². The zero-order valence-electron chi connectivity index (χ0n) is 11.6. The van der Waals surface area contributed by atoms with Gasteiger partial charge in [0.2, 0.25) is 5.91 Å². The van der Waals surface area contributed by atoms with Gasteiger partial charge in [-0.05, 0) is 31.9 Å². The first-order chi connectivity index (χ1) is 9.19. The van der Waals surface area contributed by atoms with Crippen LogP contribution in [0.15, 0.2) is 24.3 Å². The Morgan fingerprint density at radius 2 is 2.11 bits per heavy atom. The Bertz CT molecular complexity index is 428. The summed E-state index contributed by atoms with van der Waals surface area (Å²) in [6, 6.07) is 7.73. The van der Waals surface area contributed by atoms with Gasteiger partial charge in [-0.3, -0.25) is 4.79 Å². The fraction of sp³-hybridized carbons (Fsp3) is 0.533. The summed E-state index contributed by atoms with van der Waals surface area (Å²) in [5.41, 5.74) is 0.897. The van der Waals surface area contributed by atoms with Gasteiger partial charge < -0.3 is 15.4 Å². The summed E-state index contributed by atoms with van der Waals surface area (Å²) < 4.78 is 5.16. The van der Waals surface area contributed by atoms with Crippen LogP contribution in [0.1, 0.15) is 32.6 Å². The normalized spacial score (nSPS) is 16.9. The van der Waals surface area contributed by atoms with E-state index in [0.717, 1.165) is 24.3 Å². The number of hydrogen-bond donors (Lipinski definition) is 2. The second kappa shape index (κ2) is 6.45. The smallest absolute Gasteiger partial charge is 0.242 e. The molecule has 0 bridgehead atoms. The van der Waals surface area contributed by atoms with Gasteiger partial charge in [-0.15, -0.1) is 0 Å². The van der Waals surface area contributed by atoms with Crippen molar-refractivity contribution in [2.75, 3.05) is 12.4 Å². The minimum atomic E-state index is -0.243. The summed E-state index contributed by atoms with van der Waals surface area (Å²) in [6.45, 7) is 1.88. The molecule has 19 heavy (non-hydrogen) atoms. The maximum Gasteiger partial charge on any atom is 0.242 e. The third kappa shape index (κ3) is 3.88. The highest BCUT2D eigenvalue weighted by atomic mass is 16.5. The monoisotopic (exact) mass is 262 g/mol. The van der Waals surface area contributed by atoms with E-state index in [4.69, 9.17) is 4.74 Å². The minimum absolute atomic E-state index is 0.0646. The first-order valence-electron chi connectivity index (χ1n) is 6.90. The van der Waals surface area contributed by atoms with Gasteiger partial charge in [0.15, 0.2) is 0 Å². The predicted octanol–water partition coefficient (Wildman–Crippen LogP) is 2.55. The number of amides is 1. The molecule has 1 aromatic carbocycles. The van der Waals surface area contributed by atoms with Crippen molar-refractivity contribution in [3.8, 4) is 5.75 Å². The van der Waals surface area contributed by atoms with Crippen molar-refractivity contribution in [2.45, 2.75) is 44.7 Å². The van der Waals surface area contributed by atoms with Gasteiger partial charge in [0, 0.05) is 17.8 Å². The average Bonchev–Trinajstić information content (AvgIpc) is 2.91. The number of rotatable bonds is 5. The Balaban J connectivity index is 1.88. The lowest BCUT2D eigenvalue weighted by Crippen LogP contribution is -2.42. The Morgan fingerprint density at radius 1 is 1.37 bits per heavy atom. The van der Waals surface area contributed by atoms with Crippen molar-refractivity contribution in [3.63, 3.8) is 0 Å². The molecule has 1 aliphatic carbocycles. The SMILES string of the molecule is COc1cccc(NC(C)C(=O)NC2CCCC2)c1. The molecule has 1 aromatic rings. The summed E-state index contributed by atoms with van der Waals surface area (Å²) >= 11 is 0. The van der Waals surface area contributed by atoms with Gasteiger partial charge in [-0.25, -0.2) is 0 Å². The molecule has 1 saturated carbocycles. The highest BCUT2D eigenvalue weighted by Gasteiger charge is 2.20. The largest absolute Gasteiger partial charge is 0.497 e. The zero-order chi connectivity index (χ0) is 13.7. The molecule has 1 fully saturated rings. The van der Waals surface area contributed by atoms with E-state index in [1.54, 1.807) is 7.11 Å². The van der Waals surface area contributed by atoms with E-state index in [9.17, 15) is 4.79 Å². The van der Waals surface area contributed by atoms with Crippen LogP contribution >= 0.6 is 0 Å². The topological polar surface area (TPSA) is 50.4 Å². The molecule has 0 aliphatic heterocycles. The van der Waals surface area contributed by atoms with Crippen LogP contribution in [0, 0.1) is 0 Å². The molecule has 1 unspecified atom stereocenters. The van der Waals surface area contributed by atoms with E-state index < -0.39 is 0 Å². The number of anilines is 1. The number of carbonyl (C=O) groups excluding carboxylic acids is 1. The van der Waals surface area contributed by atoms with E-state index in [0.29, 0.717) is 6.04 Å². The second-order valence-electron chi connectivity index (χ2n) is 5.09. The van der Waals surface area contributed by atoms with Gasteiger partial charge in [-0.1, -0.05) is 18.9 Å². The number of hydrogen-bond acceptors (Lipinski definition) is 3. The Labute approximate surface area is 114 Å². The van der Waals surface area contributed by atoms with Crippen molar-refractivity contribution >= 4 is 11.6 Å². The molecule has 1 aliphatic rings. The molecule has 0 heterocycles. The van der Waals surface area contributed by atoms with Gasteiger partial charge in [0.05, 0.1) is 7.11 Å². The third-order valence-corrected chi connectivity index (χ3v) is 3.55. The summed E-state index contributed by atoms with van der Waals surface area (Å²) in [4.78, 5) is 12.1. The van der Waals surface area contributed by atoms with E-state index in [1.807, 2.05) is 31.2 Å². The first-order valence-corrected chi connectivity index (χ1v) is 6.90. The van der Waals surface area contributed by atoms with Crippen molar-refractivity contribution in [1.82, 2.24) is 5.32 Å². The molecule has 104 valence electrons. The molecule has 1 amide bonds. The fourth-order valence-corrected chi connectivity index (χ4v) is 2.42. The first kappa shape index (κ1) is 13.7. The summed E-state index contributed by atoms with van der Waals surface area (Å²) in [5, 5.41) is 6.29. The molecule has 0 spiro atoms. The summed E-state index contributed by atoms with van der Waals surface area (Å²) in [7, 11) is 1.63. The van der Waals surface area contributed by atoms with Gasteiger partial charge >= 0.3 is 0 Å². The van der Waals surface area contributed by atoms with Gasteiger partial charge in [0.25, 0.3) is 0 Å². The fourth-order valence-electron chi connectivity index (χ4n) is 2.42. The van der Waals surface area contributed by atoms with Crippen LogP contribution in [-0.4, -0.2) is 25.1 Å². The molecule has 0 saturated heterocycles. The van der Waals surface area contributed by atoms with E-state index in [-0.39, 0.29) is 11.9 Å². The van der Waals surface area contributed by atoms with Crippen LogP contribution in [-0.2, 0) is 4.79 Å². The lowest BCUT2D eigenvalue weighted by molar-refractivity contribution is -0.122. The highest BCUT2D eigenvalue weighted by Crippen LogP contribution is 2.19. The van der Waals surface area contributed by atoms with Crippen LogP contribution in [0.25, 0.3) is 0 Å². The molecule has 1 atom stereocenters. The predicted molar refractivity (Wildman–Crippen MR) is 76.5 cm³/mol. The van der Waals surface area contributed by atoms with Crippen molar-refractivity contribution in [1.29, 1.82) is 0 Å². The maximum atomic E-state index is 12.1. The van der Waals surface area contributed by atoms with Crippen molar-refractivity contribution < 1.29 is 9.53 Å². The Morgan fingerprint density at radius 3 is 2.79 bits per heavy atom. The van der Waals surface area contributed by atoms with Crippen LogP contribution in [0.2, 0.25) is 0 Å². The van der Waals surface area contributed by atoms with Crippen LogP contribution in [0.4, 0.5) is 5.69 Å². The third-order valence-electron chi connectivity index (χ3n) is 3.55. The lowest BCUT2D eigenvalue weighted by Gasteiger charge is -2.18. The molecule has 4 heteroatoms. The van der Waals surface area contributed by atoms with Gasteiger partial charge in [0.1, 0.15) is 11.8 Å². The molecule has 0 aromatic heterocycles. The van der Waals surface area contributed by atoms with Crippen molar-refractivity contribution in [2.24, 2.45) is 0 Å². The number of methoxy groups -OCH3 is 1. The highest BCUT2D eigenvalue weighted by molar-refractivity contribution is 5.84. The van der Waals surface area contributed by atoms with E-state index in [1.165, 1.54) is 12.8 Å². The van der Waals surface area contributed by atoms with Crippen LogP contribution < -0.4 is 15.4 Å². The standard InChI is InChI=1S/C15H22N2O2/c1-11(15(18)17-12-6-3-4-7-12)16-13-8-5-9-14(10-13)19-2/h5,8-12,16H,3-4,6-7H2,1-2H3,(H,17,18). The number of nitrogens with one attached hydrogen (secondary N) is 2. The summed E-state index contributed by atoms with van der Waals surface area (Å²) in [5.74, 6) is 0.850. The minimum Gasteiger partial charge on any atom is -0.497 e. The van der Waals surface area contributed by atoms with Crippen LogP contribution in [0.5, 0.6) is 5.75 Å². The second-order valence-corrected chi connectivity index (χ2v) is 5.09.